The molecule has 0 saturated heterocycles. The van der Waals surface area contributed by atoms with E-state index in [4.69, 9.17) is 9.15 Å². The van der Waals surface area contributed by atoms with E-state index < -0.39 is 17.6 Å². The van der Waals surface area contributed by atoms with Gasteiger partial charge in [0.2, 0.25) is 0 Å². The number of hydrogen-bond donors (Lipinski definition) is 0. The largest absolute Gasteiger partial charge is 0.473 e. The Morgan fingerprint density at radius 1 is 1.00 bits per heavy atom. The van der Waals surface area contributed by atoms with Gasteiger partial charge < -0.3 is 9.15 Å². The molecule has 0 fully saturated rings. The molecule has 4 nitrogen and oxygen atoms in total. The van der Waals surface area contributed by atoms with Gasteiger partial charge in [-0.15, -0.1) is 0 Å². The third kappa shape index (κ3) is 1.73. The van der Waals surface area contributed by atoms with Crippen LogP contribution in [0.25, 0.3) is 11.0 Å². The molecule has 0 bridgehead atoms. The van der Waals surface area contributed by atoms with Crippen LogP contribution in [0.5, 0.6) is 5.75 Å². The maximum atomic E-state index is 12.4. The highest BCUT2D eigenvalue weighted by molar-refractivity contribution is 5.85. The molecule has 4 rings (SSSR count). The van der Waals surface area contributed by atoms with Gasteiger partial charge in [-0.2, -0.15) is 5.26 Å². The van der Waals surface area contributed by atoms with Crippen LogP contribution in [-0.4, -0.2) is 6.10 Å². The van der Waals surface area contributed by atoms with E-state index in [0.717, 1.165) is 10.9 Å². The number of ether oxygens (including phenoxy) is 1. The summed E-state index contributed by atoms with van der Waals surface area (Å²) in [6, 6.07) is 18.8. The smallest absolute Gasteiger partial charge is 0.344 e. The molecule has 22 heavy (non-hydrogen) atoms. The lowest BCUT2D eigenvalue weighted by Gasteiger charge is -2.11. The summed E-state index contributed by atoms with van der Waals surface area (Å²) in [5.41, 5.74) is 1.32. The number of para-hydroxylation sites is 1. The summed E-state index contributed by atoms with van der Waals surface area (Å²) in [5, 5.41) is 10.1. The lowest BCUT2D eigenvalue weighted by Crippen LogP contribution is -2.20. The van der Waals surface area contributed by atoms with Gasteiger partial charge in [-0.1, -0.05) is 42.5 Å². The second kappa shape index (κ2) is 4.74. The van der Waals surface area contributed by atoms with E-state index in [1.165, 1.54) is 0 Å². The van der Waals surface area contributed by atoms with Gasteiger partial charge >= 0.3 is 5.63 Å². The molecule has 0 unspecified atom stereocenters. The molecule has 2 aromatic carbocycles. The number of benzene rings is 2. The minimum absolute atomic E-state index is 0.427. The molecule has 0 amide bonds. The average Bonchev–Trinajstić information content (AvgIpc) is 2.96. The van der Waals surface area contributed by atoms with E-state index in [0.29, 0.717) is 16.9 Å². The zero-order valence-electron chi connectivity index (χ0n) is 11.5. The first kappa shape index (κ1) is 12.7. The Hall–Kier alpha value is -3.06. The van der Waals surface area contributed by atoms with Gasteiger partial charge in [-0.3, -0.25) is 0 Å². The highest BCUT2D eigenvalue weighted by Gasteiger charge is 2.40. The third-order valence-corrected chi connectivity index (χ3v) is 3.94. The predicted octanol–water partition coefficient (Wildman–Crippen LogP) is 3.21. The molecule has 3 aromatic rings. The second-order valence-corrected chi connectivity index (χ2v) is 5.18. The lowest BCUT2D eigenvalue weighted by atomic mass is 9.89. The molecular weight excluding hydrogens is 278 g/mol. The normalized spacial score (nSPS) is 19.4. The maximum Gasteiger partial charge on any atom is 0.344 e. The van der Waals surface area contributed by atoms with Gasteiger partial charge in [0.05, 0.1) is 16.9 Å². The van der Waals surface area contributed by atoms with Crippen LogP contribution < -0.4 is 10.4 Å². The first-order valence-electron chi connectivity index (χ1n) is 6.96. The molecule has 0 radical (unpaired) electrons. The fourth-order valence-corrected chi connectivity index (χ4v) is 2.98. The van der Waals surface area contributed by atoms with E-state index in [-0.39, 0.29) is 0 Å². The summed E-state index contributed by atoms with van der Waals surface area (Å²) in [6.45, 7) is 0. The Labute approximate surface area is 126 Å². The SMILES string of the molecule is N#C[C@H]1Oc2c(c(=O)oc3ccccc23)[C@@H]1c1ccccc1. The van der Waals surface area contributed by atoms with Crippen LogP contribution in [0.2, 0.25) is 0 Å². The summed E-state index contributed by atoms with van der Waals surface area (Å²) in [7, 11) is 0. The number of fused-ring (bicyclic) bond motifs is 3. The van der Waals surface area contributed by atoms with Crippen molar-refractivity contribution in [3.63, 3.8) is 0 Å². The highest BCUT2D eigenvalue weighted by atomic mass is 16.5. The van der Waals surface area contributed by atoms with Crippen LogP contribution >= 0.6 is 0 Å². The Morgan fingerprint density at radius 3 is 2.50 bits per heavy atom. The standard InChI is InChI=1S/C18H11NO3/c19-10-14-15(11-6-2-1-3-7-11)16-17(21-14)12-8-4-5-9-13(12)22-18(16)20/h1-9,14-15H/t14-,15-/m1/s1. The Bertz CT molecular complexity index is 953. The van der Waals surface area contributed by atoms with Crippen molar-refractivity contribution < 1.29 is 9.15 Å². The molecular formula is C18H11NO3. The van der Waals surface area contributed by atoms with Crippen molar-refractivity contribution in [1.82, 2.24) is 0 Å². The molecule has 2 atom stereocenters. The Kier molecular flexibility index (Phi) is 2.73. The van der Waals surface area contributed by atoms with E-state index in [9.17, 15) is 10.1 Å². The third-order valence-electron chi connectivity index (χ3n) is 3.94. The van der Waals surface area contributed by atoms with Crippen LogP contribution in [0.3, 0.4) is 0 Å². The van der Waals surface area contributed by atoms with Crippen molar-refractivity contribution in [1.29, 1.82) is 5.26 Å². The van der Waals surface area contributed by atoms with Gasteiger partial charge in [0, 0.05) is 0 Å². The minimum atomic E-state index is -0.730. The van der Waals surface area contributed by atoms with Crippen LogP contribution in [0.4, 0.5) is 0 Å². The zero-order chi connectivity index (χ0) is 15.1. The van der Waals surface area contributed by atoms with Crippen LogP contribution in [0, 0.1) is 11.3 Å². The highest BCUT2D eigenvalue weighted by Crippen LogP contribution is 2.43. The van der Waals surface area contributed by atoms with Crippen LogP contribution in [-0.2, 0) is 0 Å². The van der Waals surface area contributed by atoms with E-state index in [1.807, 2.05) is 42.5 Å². The first-order valence-corrected chi connectivity index (χ1v) is 6.96. The summed E-state index contributed by atoms with van der Waals surface area (Å²) >= 11 is 0. The average molecular weight is 289 g/mol. The van der Waals surface area contributed by atoms with Crippen molar-refractivity contribution in [2.24, 2.45) is 0 Å². The van der Waals surface area contributed by atoms with Gasteiger partial charge in [-0.25, -0.2) is 4.79 Å². The second-order valence-electron chi connectivity index (χ2n) is 5.18. The molecule has 0 saturated carbocycles. The van der Waals surface area contributed by atoms with E-state index >= 15 is 0 Å². The fraction of sp³-hybridized carbons (Fsp3) is 0.111. The van der Waals surface area contributed by atoms with Crippen molar-refractivity contribution >= 4 is 11.0 Å². The molecule has 0 spiro atoms. The summed E-state index contributed by atoms with van der Waals surface area (Å²) in [4.78, 5) is 12.4. The Balaban J connectivity index is 2.03. The number of hydrogen-bond acceptors (Lipinski definition) is 4. The predicted molar refractivity (Wildman–Crippen MR) is 80.8 cm³/mol. The minimum Gasteiger partial charge on any atom is -0.473 e. The zero-order valence-corrected chi connectivity index (χ0v) is 11.5. The molecule has 1 aliphatic heterocycles. The monoisotopic (exact) mass is 289 g/mol. The molecule has 1 aliphatic rings. The van der Waals surface area contributed by atoms with Crippen molar-refractivity contribution in [3.8, 4) is 11.8 Å². The molecule has 0 aliphatic carbocycles. The van der Waals surface area contributed by atoms with Crippen molar-refractivity contribution in [2.45, 2.75) is 12.0 Å². The lowest BCUT2D eigenvalue weighted by molar-refractivity contribution is 0.277. The fourth-order valence-electron chi connectivity index (χ4n) is 2.98. The van der Waals surface area contributed by atoms with Gasteiger partial charge in [-0.05, 0) is 17.7 Å². The molecule has 1 aromatic heterocycles. The molecule has 2 heterocycles. The van der Waals surface area contributed by atoms with Gasteiger partial charge in [0.15, 0.2) is 6.10 Å². The summed E-state index contributed by atoms with van der Waals surface area (Å²) in [5.74, 6) is 0.0364. The first-order chi connectivity index (χ1) is 10.8. The number of nitriles is 1. The summed E-state index contributed by atoms with van der Waals surface area (Å²) < 4.78 is 11.2. The van der Waals surface area contributed by atoms with Gasteiger partial charge in [0.25, 0.3) is 0 Å². The topological polar surface area (TPSA) is 63.2 Å². The summed E-state index contributed by atoms with van der Waals surface area (Å²) in [6.07, 6.45) is -0.730. The number of rotatable bonds is 1. The van der Waals surface area contributed by atoms with Crippen LogP contribution in [0.1, 0.15) is 17.0 Å². The molecule has 0 N–H and O–H groups in total. The Morgan fingerprint density at radius 2 is 1.73 bits per heavy atom. The molecule has 106 valence electrons. The quantitative estimate of drug-likeness (QED) is 0.645. The number of nitrogens with zero attached hydrogens (tertiary/aromatic N) is 1. The molecule has 4 heteroatoms. The van der Waals surface area contributed by atoms with E-state index in [1.54, 1.807) is 12.1 Å². The van der Waals surface area contributed by atoms with E-state index in [2.05, 4.69) is 6.07 Å². The maximum absolute atomic E-state index is 12.4. The van der Waals surface area contributed by atoms with Gasteiger partial charge in [0.1, 0.15) is 17.4 Å². The van der Waals surface area contributed by atoms with Crippen molar-refractivity contribution in [3.05, 3.63) is 76.1 Å². The van der Waals surface area contributed by atoms with Crippen molar-refractivity contribution in [2.75, 3.05) is 0 Å². The van der Waals surface area contributed by atoms with Crippen LogP contribution in [0.15, 0.2) is 63.8 Å².